The highest BCUT2D eigenvalue weighted by molar-refractivity contribution is 5.46. The van der Waals surface area contributed by atoms with E-state index in [-0.39, 0.29) is 0 Å². The zero-order chi connectivity index (χ0) is 17.6. The molecule has 7 nitrogen and oxygen atoms in total. The molecule has 3 aromatic heterocycles. The number of nitrogens with zero attached hydrogens (tertiary/aromatic N) is 6. The van der Waals surface area contributed by atoms with Gasteiger partial charge >= 0.3 is 0 Å². The number of piperazine rings is 1. The summed E-state index contributed by atoms with van der Waals surface area (Å²) < 4.78 is 0. The molecule has 3 aromatic rings. The van der Waals surface area contributed by atoms with Crippen LogP contribution >= 0.6 is 0 Å². The molecule has 4 heterocycles. The Morgan fingerprint density at radius 3 is 2.15 bits per heavy atom. The fraction of sp³-hybridized carbons (Fsp3) is 0.263. The summed E-state index contributed by atoms with van der Waals surface area (Å²) in [5.41, 5.74) is 0.963. The number of aromatic nitrogens is 4. The first kappa shape index (κ1) is 16.3. The van der Waals surface area contributed by atoms with Crippen molar-refractivity contribution in [3.63, 3.8) is 0 Å². The van der Waals surface area contributed by atoms with E-state index in [9.17, 15) is 0 Å². The number of hydrogen-bond donors (Lipinski definition) is 1. The maximum Gasteiger partial charge on any atom is 0.224 e. The van der Waals surface area contributed by atoms with Gasteiger partial charge in [0.2, 0.25) is 5.95 Å². The van der Waals surface area contributed by atoms with Gasteiger partial charge in [0.1, 0.15) is 11.6 Å². The van der Waals surface area contributed by atoms with Gasteiger partial charge in [0.15, 0.2) is 0 Å². The van der Waals surface area contributed by atoms with E-state index in [0.717, 1.165) is 43.5 Å². The molecule has 0 aliphatic carbocycles. The third kappa shape index (κ3) is 3.88. The molecule has 1 aliphatic rings. The van der Waals surface area contributed by atoms with E-state index in [4.69, 9.17) is 0 Å². The maximum absolute atomic E-state index is 4.65. The molecule has 26 heavy (non-hydrogen) atoms. The number of nitrogens with one attached hydrogen (secondary N) is 1. The lowest BCUT2D eigenvalue weighted by molar-refractivity contribution is 0.641. The van der Waals surface area contributed by atoms with Gasteiger partial charge in [0.05, 0.1) is 12.2 Å². The Morgan fingerprint density at radius 1 is 0.731 bits per heavy atom. The van der Waals surface area contributed by atoms with Crippen LogP contribution in [-0.2, 0) is 6.54 Å². The van der Waals surface area contributed by atoms with Crippen LogP contribution in [-0.4, -0.2) is 46.1 Å². The quantitative estimate of drug-likeness (QED) is 0.759. The molecule has 1 saturated heterocycles. The summed E-state index contributed by atoms with van der Waals surface area (Å²) in [6.45, 7) is 4.29. The molecule has 0 atom stereocenters. The molecule has 0 radical (unpaired) electrons. The predicted octanol–water partition coefficient (Wildman–Crippen LogP) is 2.21. The number of rotatable bonds is 5. The van der Waals surface area contributed by atoms with Crippen molar-refractivity contribution in [2.75, 3.05) is 41.3 Å². The van der Waals surface area contributed by atoms with Crippen LogP contribution in [0.2, 0.25) is 0 Å². The fourth-order valence-corrected chi connectivity index (χ4v) is 2.99. The average molecular weight is 347 g/mol. The summed E-state index contributed by atoms with van der Waals surface area (Å²) in [7, 11) is 0. The number of hydrogen-bond acceptors (Lipinski definition) is 7. The first-order chi connectivity index (χ1) is 12.9. The van der Waals surface area contributed by atoms with E-state index in [1.54, 1.807) is 12.4 Å². The molecule has 0 spiro atoms. The number of anilines is 3. The van der Waals surface area contributed by atoms with Crippen LogP contribution < -0.4 is 15.1 Å². The zero-order valence-corrected chi connectivity index (χ0v) is 14.5. The van der Waals surface area contributed by atoms with Crippen LogP contribution in [0.5, 0.6) is 0 Å². The topological polar surface area (TPSA) is 70.1 Å². The van der Waals surface area contributed by atoms with Gasteiger partial charge in [-0.1, -0.05) is 12.1 Å². The van der Waals surface area contributed by atoms with Gasteiger partial charge in [0.25, 0.3) is 0 Å². The van der Waals surface area contributed by atoms with E-state index >= 15 is 0 Å². The van der Waals surface area contributed by atoms with Crippen LogP contribution in [0.4, 0.5) is 17.6 Å². The molecule has 132 valence electrons. The molecule has 1 N–H and O–H groups in total. The van der Waals surface area contributed by atoms with Crippen molar-refractivity contribution in [2.45, 2.75) is 6.54 Å². The highest BCUT2D eigenvalue weighted by atomic mass is 15.3. The minimum absolute atomic E-state index is 0.609. The normalized spacial score (nSPS) is 14.3. The molecule has 7 heteroatoms. The molecule has 0 amide bonds. The van der Waals surface area contributed by atoms with E-state index in [2.05, 4.69) is 41.1 Å². The SMILES string of the molecule is c1ccc(CNc2nccc(N3CCN(c4ccccn4)CC3)n2)nc1. The van der Waals surface area contributed by atoms with Crippen LogP contribution in [0.3, 0.4) is 0 Å². The van der Waals surface area contributed by atoms with Gasteiger partial charge < -0.3 is 15.1 Å². The Bertz CT molecular complexity index is 818. The second kappa shape index (κ2) is 7.77. The lowest BCUT2D eigenvalue weighted by Gasteiger charge is -2.36. The average Bonchev–Trinajstić information content (AvgIpc) is 2.74. The van der Waals surface area contributed by atoms with E-state index in [1.165, 1.54) is 0 Å². The molecule has 4 rings (SSSR count). The molecule has 0 unspecified atom stereocenters. The van der Waals surface area contributed by atoms with Crippen molar-refractivity contribution in [1.82, 2.24) is 19.9 Å². The van der Waals surface area contributed by atoms with Crippen LogP contribution in [0.15, 0.2) is 61.1 Å². The summed E-state index contributed by atoms with van der Waals surface area (Å²) in [5.74, 6) is 2.61. The zero-order valence-electron chi connectivity index (χ0n) is 14.5. The van der Waals surface area contributed by atoms with Crippen molar-refractivity contribution >= 4 is 17.6 Å². The fourth-order valence-electron chi connectivity index (χ4n) is 2.99. The van der Waals surface area contributed by atoms with Gasteiger partial charge in [-0.15, -0.1) is 0 Å². The smallest absolute Gasteiger partial charge is 0.224 e. The highest BCUT2D eigenvalue weighted by Gasteiger charge is 2.19. The second-order valence-electron chi connectivity index (χ2n) is 6.08. The van der Waals surface area contributed by atoms with Gasteiger partial charge in [-0.05, 0) is 30.3 Å². The predicted molar refractivity (Wildman–Crippen MR) is 102 cm³/mol. The Balaban J connectivity index is 1.36. The van der Waals surface area contributed by atoms with Crippen LogP contribution in [0.1, 0.15) is 5.69 Å². The summed E-state index contributed by atoms with van der Waals surface area (Å²) in [4.78, 5) is 22.3. The first-order valence-corrected chi connectivity index (χ1v) is 8.76. The first-order valence-electron chi connectivity index (χ1n) is 8.76. The highest BCUT2D eigenvalue weighted by Crippen LogP contribution is 2.18. The lowest BCUT2D eigenvalue weighted by atomic mass is 10.3. The van der Waals surface area contributed by atoms with Crippen molar-refractivity contribution < 1.29 is 0 Å². The van der Waals surface area contributed by atoms with Gasteiger partial charge in [-0.25, -0.2) is 9.97 Å². The molecule has 1 fully saturated rings. The molecule has 0 saturated carbocycles. The minimum atomic E-state index is 0.609. The monoisotopic (exact) mass is 347 g/mol. The minimum Gasteiger partial charge on any atom is -0.353 e. The molecule has 1 aliphatic heterocycles. The third-order valence-corrected chi connectivity index (χ3v) is 4.37. The summed E-state index contributed by atoms with van der Waals surface area (Å²) >= 11 is 0. The Labute approximate surface area is 152 Å². The summed E-state index contributed by atoms with van der Waals surface area (Å²) in [6, 6.07) is 13.8. The molecule has 0 bridgehead atoms. The summed E-state index contributed by atoms with van der Waals surface area (Å²) in [5, 5.41) is 3.24. The van der Waals surface area contributed by atoms with E-state index < -0.39 is 0 Å². The number of pyridine rings is 2. The molecular formula is C19H21N7. The van der Waals surface area contributed by atoms with Gasteiger partial charge in [-0.2, -0.15) is 4.98 Å². The van der Waals surface area contributed by atoms with Crippen LogP contribution in [0.25, 0.3) is 0 Å². The Hall–Kier alpha value is -3.22. The van der Waals surface area contributed by atoms with Crippen molar-refractivity contribution in [1.29, 1.82) is 0 Å². The standard InChI is InChI=1S/C19H21N7/c1-3-8-20-16(5-1)15-23-19-22-10-7-18(24-19)26-13-11-25(12-14-26)17-6-2-4-9-21-17/h1-10H,11-15H2,(H,22,23,24). The molecule has 0 aromatic carbocycles. The maximum atomic E-state index is 4.65. The van der Waals surface area contributed by atoms with Crippen molar-refractivity contribution in [2.24, 2.45) is 0 Å². The largest absolute Gasteiger partial charge is 0.353 e. The van der Waals surface area contributed by atoms with Crippen molar-refractivity contribution in [3.8, 4) is 0 Å². The van der Waals surface area contributed by atoms with E-state index in [1.807, 2.05) is 42.6 Å². The Kier molecular flexibility index (Phi) is 4.86. The van der Waals surface area contributed by atoms with Gasteiger partial charge in [-0.3, -0.25) is 4.98 Å². The Morgan fingerprint density at radius 2 is 1.46 bits per heavy atom. The van der Waals surface area contributed by atoms with Gasteiger partial charge in [0, 0.05) is 44.8 Å². The van der Waals surface area contributed by atoms with E-state index in [0.29, 0.717) is 12.5 Å². The lowest BCUT2D eigenvalue weighted by Crippen LogP contribution is -2.47. The third-order valence-electron chi connectivity index (χ3n) is 4.37. The van der Waals surface area contributed by atoms with Crippen molar-refractivity contribution in [3.05, 3.63) is 66.7 Å². The molecular weight excluding hydrogens is 326 g/mol. The van der Waals surface area contributed by atoms with Crippen LogP contribution in [0, 0.1) is 0 Å². The summed E-state index contributed by atoms with van der Waals surface area (Å²) in [6.07, 6.45) is 5.43. The second-order valence-corrected chi connectivity index (χ2v) is 6.08.